The summed E-state index contributed by atoms with van der Waals surface area (Å²) in [6.07, 6.45) is 1.13. The third kappa shape index (κ3) is 5.40. The maximum Gasteiger partial charge on any atom is 0.410 e. The van der Waals surface area contributed by atoms with E-state index in [-0.39, 0.29) is 0 Å². The van der Waals surface area contributed by atoms with Gasteiger partial charge in [0, 0.05) is 6.54 Å². The van der Waals surface area contributed by atoms with Gasteiger partial charge in [0.2, 0.25) is 0 Å². The molecule has 0 aliphatic carbocycles. The zero-order chi connectivity index (χ0) is 12.1. The van der Waals surface area contributed by atoms with E-state index in [4.69, 9.17) is 4.74 Å². The summed E-state index contributed by atoms with van der Waals surface area (Å²) in [6.45, 7) is 9.60. The zero-order valence-electron chi connectivity index (χ0n) is 10.2. The van der Waals surface area contributed by atoms with Crippen molar-refractivity contribution >= 4 is 12.4 Å². The average Bonchev–Trinajstić information content (AvgIpc) is 2.10. The Hall–Kier alpha value is -1.06. The lowest BCUT2D eigenvalue weighted by Gasteiger charge is -2.29. The number of amides is 1. The molecule has 0 aromatic rings. The average molecular weight is 215 g/mol. The van der Waals surface area contributed by atoms with Crippen molar-refractivity contribution in [2.24, 2.45) is 0 Å². The number of nitrogens with zero attached hydrogens (tertiary/aromatic N) is 1. The standard InChI is InChI=1S/C11H21NO3/c1-6-7-12(9(2)8-13)10(14)15-11(3,4)5/h8-9H,6-7H2,1-5H3. The number of carbonyl (C=O) groups excluding carboxylic acids is 2. The number of hydrogen-bond donors (Lipinski definition) is 0. The molecule has 0 spiro atoms. The van der Waals surface area contributed by atoms with Crippen molar-refractivity contribution in [1.29, 1.82) is 0 Å². The van der Waals surface area contributed by atoms with Crippen LogP contribution in [0.4, 0.5) is 4.79 Å². The van der Waals surface area contributed by atoms with Gasteiger partial charge in [-0.3, -0.25) is 4.90 Å². The topological polar surface area (TPSA) is 46.6 Å². The van der Waals surface area contributed by atoms with Crippen LogP contribution in [0.1, 0.15) is 41.0 Å². The van der Waals surface area contributed by atoms with Crippen LogP contribution in [-0.2, 0) is 9.53 Å². The van der Waals surface area contributed by atoms with Gasteiger partial charge in [0.1, 0.15) is 11.9 Å². The van der Waals surface area contributed by atoms with E-state index in [0.717, 1.165) is 12.7 Å². The molecule has 0 aromatic carbocycles. The van der Waals surface area contributed by atoms with Crippen molar-refractivity contribution in [2.75, 3.05) is 6.54 Å². The fourth-order valence-electron chi connectivity index (χ4n) is 1.10. The summed E-state index contributed by atoms with van der Waals surface area (Å²) in [6, 6.07) is -0.431. The van der Waals surface area contributed by atoms with Gasteiger partial charge in [-0.1, -0.05) is 6.92 Å². The van der Waals surface area contributed by atoms with Gasteiger partial charge in [0.25, 0.3) is 0 Å². The number of rotatable bonds is 4. The van der Waals surface area contributed by atoms with E-state index >= 15 is 0 Å². The SMILES string of the molecule is CCCN(C(=O)OC(C)(C)C)C(C)C=O. The van der Waals surface area contributed by atoms with E-state index in [1.807, 2.05) is 6.92 Å². The Bertz CT molecular complexity index is 220. The van der Waals surface area contributed by atoms with Crippen molar-refractivity contribution in [3.8, 4) is 0 Å². The van der Waals surface area contributed by atoms with Crippen LogP contribution in [0.5, 0.6) is 0 Å². The van der Waals surface area contributed by atoms with E-state index in [1.165, 1.54) is 4.90 Å². The molecular weight excluding hydrogens is 194 g/mol. The smallest absolute Gasteiger partial charge is 0.410 e. The van der Waals surface area contributed by atoms with E-state index < -0.39 is 17.7 Å². The minimum absolute atomic E-state index is 0.427. The lowest BCUT2D eigenvalue weighted by molar-refractivity contribution is -0.112. The highest BCUT2D eigenvalue weighted by Gasteiger charge is 2.24. The molecule has 0 bridgehead atoms. The van der Waals surface area contributed by atoms with Crippen LogP contribution in [0.25, 0.3) is 0 Å². The van der Waals surface area contributed by atoms with Gasteiger partial charge < -0.3 is 9.53 Å². The third-order valence-electron chi connectivity index (χ3n) is 1.78. The van der Waals surface area contributed by atoms with E-state index in [2.05, 4.69) is 0 Å². The first-order chi connectivity index (χ1) is 6.81. The van der Waals surface area contributed by atoms with Crippen molar-refractivity contribution in [1.82, 2.24) is 4.90 Å². The highest BCUT2D eigenvalue weighted by Crippen LogP contribution is 2.11. The predicted octanol–water partition coefficient (Wildman–Crippen LogP) is 2.22. The Labute approximate surface area is 91.6 Å². The van der Waals surface area contributed by atoms with E-state index in [1.54, 1.807) is 27.7 Å². The molecule has 1 unspecified atom stereocenters. The first-order valence-electron chi connectivity index (χ1n) is 5.26. The number of ether oxygens (including phenoxy) is 1. The molecule has 1 amide bonds. The second-order valence-electron chi connectivity index (χ2n) is 4.55. The van der Waals surface area contributed by atoms with Crippen LogP contribution in [0.15, 0.2) is 0 Å². The van der Waals surface area contributed by atoms with Crippen LogP contribution in [-0.4, -0.2) is 35.5 Å². The predicted molar refractivity (Wildman–Crippen MR) is 58.8 cm³/mol. The second-order valence-corrected chi connectivity index (χ2v) is 4.55. The van der Waals surface area contributed by atoms with Gasteiger partial charge >= 0.3 is 6.09 Å². The summed E-state index contributed by atoms with van der Waals surface area (Å²) in [7, 11) is 0. The summed E-state index contributed by atoms with van der Waals surface area (Å²) >= 11 is 0. The Morgan fingerprint density at radius 1 is 1.47 bits per heavy atom. The van der Waals surface area contributed by atoms with Crippen LogP contribution >= 0.6 is 0 Å². The fraction of sp³-hybridized carbons (Fsp3) is 0.818. The molecule has 0 aromatic heterocycles. The molecule has 4 nitrogen and oxygen atoms in total. The van der Waals surface area contributed by atoms with E-state index in [9.17, 15) is 9.59 Å². The summed E-state index contributed by atoms with van der Waals surface area (Å²) in [5.74, 6) is 0. The third-order valence-corrected chi connectivity index (χ3v) is 1.78. The normalized spacial score (nSPS) is 13.1. The van der Waals surface area contributed by atoms with Gasteiger partial charge in [-0.25, -0.2) is 4.79 Å². The number of hydrogen-bond acceptors (Lipinski definition) is 3. The first kappa shape index (κ1) is 13.9. The van der Waals surface area contributed by atoms with Crippen LogP contribution in [0.3, 0.4) is 0 Å². The van der Waals surface area contributed by atoms with Crippen LogP contribution in [0.2, 0.25) is 0 Å². The minimum Gasteiger partial charge on any atom is -0.444 e. The van der Waals surface area contributed by atoms with Gasteiger partial charge in [-0.15, -0.1) is 0 Å². The second kappa shape index (κ2) is 5.73. The summed E-state index contributed by atoms with van der Waals surface area (Å²) in [5.41, 5.74) is -0.522. The van der Waals surface area contributed by atoms with E-state index in [0.29, 0.717) is 6.54 Å². The molecule has 0 saturated heterocycles. The Morgan fingerprint density at radius 2 is 2.00 bits per heavy atom. The Balaban J connectivity index is 4.48. The zero-order valence-corrected chi connectivity index (χ0v) is 10.2. The van der Waals surface area contributed by atoms with Crippen LogP contribution in [0, 0.1) is 0 Å². The monoisotopic (exact) mass is 215 g/mol. The fourth-order valence-corrected chi connectivity index (χ4v) is 1.10. The Kier molecular flexibility index (Phi) is 5.33. The molecule has 1 atom stereocenters. The van der Waals surface area contributed by atoms with Gasteiger partial charge in [-0.2, -0.15) is 0 Å². The minimum atomic E-state index is -0.522. The molecule has 0 heterocycles. The molecule has 15 heavy (non-hydrogen) atoms. The number of aldehydes is 1. The molecule has 0 saturated carbocycles. The molecular formula is C11H21NO3. The Morgan fingerprint density at radius 3 is 2.33 bits per heavy atom. The highest BCUT2D eigenvalue weighted by molar-refractivity contribution is 5.73. The number of carbonyl (C=O) groups is 2. The van der Waals surface area contributed by atoms with Gasteiger partial charge in [0.05, 0.1) is 6.04 Å². The molecule has 0 fully saturated rings. The maximum absolute atomic E-state index is 11.7. The summed E-state index contributed by atoms with van der Waals surface area (Å²) in [5, 5.41) is 0. The van der Waals surface area contributed by atoms with Crippen molar-refractivity contribution in [2.45, 2.75) is 52.7 Å². The molecule has 88 valence electrons. The van der Waals surface area contributed by atoms with Crippen molar-refractivity contribution < 1.29 is 14.3 Å². The highest BCUT2D eigenvalue weighted by atomic mass is 16.6. The van der Waals surface area contributed by atoms with Crippen molar-refractivity contribution in [3.63, 3.8) is 0 Å². The summed E-state index contributed by atoms with van der Waals surface area (Å²) < 4.78 is 5.20. The first-order valence-corrected chi connectivity index (χ1v) is 5.26. The van der Waals surface area contributed by atoms with Gasteiger partial charge in [0.15, 0.2) is 0 Å². The summed E-state index contributed by atoms with van der Waals surface area (Å²) in [4.78, 5) is 23.8. The molecule has 0 aliphatic heterocycles. The largest absolute Gasteiger partial charge is 0.444 e. The lowest BCUT2D eigenvalue weighted by atomic mass is 10.2. The molecule has 0 N–H and O–H groups in total. The van der Waals surface area contributed by atoms with Crippen molar-refractivity contribution in [3.05, 3.63) is 0 Å². The molecule has 0 radical (unpaired) electrons. The maximum atomic E-state index is 11.7. The van der Waals surface area contributed by atoms with Gasteiger partial charge in [-0.05, 0) is 34.1 Å². The molecule has 0 aliphatic rings. The van der Waals surface area contributed by atoms with Crippen LogP contribution < -0.4 is 0 Å². The lowest BCUT2D eigenvalue weighted by Crippen LogP contribution is -2.43. The molecule has 0 rings (SSSR count). The quantitative estimate of drug-likeness (QED) is 0.675. The molecule has 4 heteroatoms.